The molecule has 2 amide bonds. The standard InChI is InChI=1S/C26H21F5N4O3/c1-25(2,3)38-24(37)34-19-13-14(12-17(27)21(19)28)22(36)32-15-8-10-16(11-9-15)35-20-7-5-4-6-18(20)33-23(35)26(29,30)31/h4-13H,1-3H3,(H,32,36)(H,34,37). The molecule has 0 aliphatic rings. The van der Waals surface area contributed by atoms with Gasteiger partial charge in [-0.15, -0.1) is 0 Å². The second-order valence-corrected chi connectivity index (χ2v) is 9.20. The Labute approximate surface area is 213 Å². The lowest BCUT2D eigenvalue weighted by molar-refractivity contribution is -0.145. The summed E-state index contributed by atoms with van der Waals surface area (Å²) in [6.45, 7) is 4.74. The minimum atomic E-state index is -4.72. The first-order valence-corrected chi connectivity index (χ1v) is 11.2. The second kappa shape index (κ2) is 9.77. The van der Waals surface area contributed by atoms with E-state index in [1.165, 1.54) is 36.4 Å². The number of alkyl halides is 3. The Kier molecular flexibility index (Phi) is 6.83. The Balaban J connectivity index is 1.58. The van der Waals surface area contributed by atoms with Gasteiger partial charge in [-0.1, -0.05) is 12.1 Å². The highest BCUT2D eigenvalue weighted by atomic mass is 19.4. The zero-order valence-corrected chi connectivity index (χ0v) is 20.3. The molecule has 38 heavy (non-hydrogen) atoms. The Bertz CT molecular complexity index is 1520. The third kappa shape index (κ3) is 5.74. The van der Waals surface area contributed by atoms with E-state index in [9.17, 15) is 31.5 Å². The van der Waals surface area contributed by atoms with E-state index < -0.39 is 46.9 Å². The molecule has 0 fully saturated rings. The maximum Gasteiger partial charge on any atom is 0.450 e. The van der Waals surface area contributed by atoms with Crippen LogP contribution in [0.2, 0.25) is 0 Å². The van der Waals surface area contributed by atoms with Gasteiger partial charge >= 0.3 is 12.3 Å². The van der Waals surface area contributed by atoms with Crippen LogP contribution in [0.25, 0.3) is 16.7 Å². The monoisotopic (exact) mass is 532 g/mol. The molecule has 7 nitrogen and oxygen atoms in total. The van der Waals surface area contributed by atoms with Crippen LogP contribution in [0.4, 0.5) is 38.1 Å². The molecule has 198 valence electrons. The Morgan fingerprint density at radius 2 is 1.58 bits per heavy atom. The molecule has 1 aromatic heterocycles. The van der Waals surface area contributed by atoms with Crippen LogP contribution in [0.1, 0.15) is 37.0 Å². The average Bonchev–Trinajstić information content (AvgIpc) is 3.21. The molecule has 1 heterocycles. The van der Waals surface area contributed by atoms with Crippen molar-refractivity contribution in [1.82, 2.24) is 9.55 Å². The van der Waals surface area contributed by atoms with Gasteiger partial charge in [0.1, 0.15) is 5.60 Å². The van der Waals surface area contributed by atoms with Crippen molar-refractivity contribution in [1.29, 1.82) is 0 Å². The first kappa shape index (κ1) is 26.6. The van der Waals surface area contributed by atoms with Gasteiger partial charge in [0.15, 0.2) is 11.6 Å². The van der Waals surface area contributed by atoms with Crippen molar-refractivity contribution in [3.8, 4) is 5.69 Å². The molecule has 0 saturated heterocycles. The van der Waals surface area contributed by atoms with Gasteiger partial charge in [0.05, 0.1) is 16.7 Å². The van der Waals surface area contributed by atoms with Gasteiger partial charge < -0.3 is 10.1 Å². The topological polar surface area (TPSA) is 85.2 Å². The third-order valence-corrected chi connectivity index (χ3v) is 5.12. The predicted octanol–water partition coefficient (Wildman–Crippen LogP) is 6.92. The van der Waals surface area contributed by atoms with Crippen LogP contribution >= 0.6 is 0 Å². The van der Waals surface area contributed by atoms with Gasteiger partial charge in [-0.25, -0.2) is 18.6 Å². The summed E-state index contributed by atoms with van der Waals surface area (Å²) in [5.41, 5.74) is -1.12. The number of benzene rings is 3. The van der Waals surface area contributed by atoms with Crippen LogP contribution < -0.4 is 10.6 Å². The fourth-order valence-electron chi connectivity index (χ4n) is 3.60. The first-order valence-electron chi connectivity index (χ1n) is 11.2. The van der Waals surface area contributed by atoms with Crippen molar-refractivity contribution in [3.05, 3.63) is 83.7 Å². The number of hydrogen-bond donors (Lipinski definition) is 2. The second-order valence-electron chi connectivity index (χ2n) is 9.20. The number of carbonyl (C=O) groups excluding carboxylic acids is 2. The summed E-state index contributed by atoms with van der Waals surface area (Å²) in [6, 6.07) is 13.1. The highest BCUT2D eigenvalue weighted by molar-refractivity contribution is 6.05. The minimum absolute atomic E-state index is 0.140. The number of anilines is 2. The van der Waals surface area contributed by atoms with Crippen molar-refractivity contribution in [2.75, 3.05) is 10.6 Å². The van der Waals surface area contributed by atoms with Gasteiger partial charge in [-0.2, -0.15) is 13.2 Å². The van der Waals surface area contributed by atoms with Crippen LogP contribution in [0.5, 0.6) is 0 Å². The molecular formula is C26H21F5N4O3. The highest BCUT2D eigenvalue weighted by Crippen LogP contribution is 2.34. The van der Waals surface area contributed by atoms with E-state index in [1.807, 2.05) is 0 Å². The largest absolute Gasteiger partial charge is 0.450 e. The van der Waals surface area contributed by atoms with E-state index in [0.29, 0.717) is 6.07 Å². The fourth-order valence-corrected chi connectivity index (χ4v) is 3.60. The number of para-hydroxylation sites is 2. The van der Waals surface area contributed by atoms with Gasteiger partial charge in [-0.05, 0) is 69.3 Å². The van der Waals surface area contributed by atoms with E-state index in [-0.39, 0.29) is 28.0 Å². The van der Waals surface area contributed by atoms with Gasteiger partial charge in [0.25, 0.3) is 5.91 Å². The minimum Gasteiger partial charge on any atom is -0.444 e. The van der Waals surface area contributed by atoms with E-state index in [4.69, 9.17) is 4.74 Å². The number of fused-ring (bicyclic) bond motifs is 1. The van der Waals surface area contributed by atoms with Gasteiger partial charge in [-0.3, -0.25) is 14.7 Å². The molecule has 4 aromatic rings. The normalized spacial score (nSPS) is 11.9. The molecule has 0 radical (unpaired) electrons. The molecule has 12 heteroatoms. The summed E-state index contributed by atoms with van der Waals surface area (Å²) in [5.74, 6) is -4.73. The SMILES string of the molecule is CC(C)(C)OC(=O)Nc1cc(C(=O)Nc2ccc(-n3c(C(F)(F)F)nc4ccccc43)cc2)cc(F)c1F. The molecule has 0 aliphatic heterocycles. The number of hydrogen-bond acceptors (Lipinski definition) is 4. The van der Waals surface area contributed by atoms with E-state index in [1.54, 1.807) is 32.9 Å². The van der Waals surface area contributed by atoms with Crippen molar-refractivity contribution >= 4 is 34.4 Å². The summed E-state index contributed by atoms with van der Waals surface area (Å²) in [5, 5.41) is 4.52. The maximum atomic E-state index is 14.2. The van der Waals surface area contributed by atoms with Crippen molar-refractivity contribution in [2.24, 2.45) is 0 Å². The fraction of sp³-hybridized carbons (Fsp3) is 0.192. The number of nitrogens with one attached hydrogen (secondary N) is 2. The van der Waals surface area contributed by atoms with Crippen LogP contribution in [0.3, 0.4) is 0 Å². The van der Waals surface area contributed by atoms with Crippen molar-refractivity contribution in [2.45, 2.75) is 32.5 Å². The summed E-state index contributed by atoms with van der Waals surface area (Å²) in [7, 11) is 0. The molecular weight excluding hydrogens is 511 g/mol. The van der Waals surface area contributed by atoms with Crippen LogP contribution in [0, 0.1) is 11.6 Å². The molecule has 0 saturated carbocycles. The Morgan fingerprint density at radius 3 is 2.21 bits per heavy atom. The summed E-state index contributed by atoms with van der Waals surface area (Å²) >= 11 is 0. The van der Waals surface area contributed by atoms with E-state index >= 15 is 0 Å². The quantitative estimate of drug-likeness (QED) is 0.280. The van der Waals surface area contributed by atoms with E-state index in [2.05, 4.69) is 15.6 Å². The molecule has 3 aromatic carbocycles. The van der Waals surface area contributed by atoms with Crippen molar-refractivity contribution < 1.29 is 36.3 Å². The number of halogens is 5. The molecule has 0 aliphatic carbocycles. The molecule has 0 unspecified atom stereocenters. The molecule has 0 bridgehead atoms. The number of imidazole rings is 1. The number of rotatable bonds is 4. The number of ether oxygens (including phenoxy) is 1. The molecule has 0 atom stereocenters. The van der Waals surface area contributed by atoms with Gasteiger partial charge in [0, 0.05) is 16.9 Å². The smallest absolute Gasteiger partial charge is 0.444 e. The summed E-state index contributed by atoms with van der Waals surface area (Å²) < 4.78 is 75.2. The molecule has 2 N–H and O–H groups in total. The first-order chi connectivity index (χ1) is 17.7. The summed E-state index contributed by atoms with van der Waals surface area (Å²) in [4.78, 5) is 28.4. The lowest BCUT2D eigenvalue weighted by atomic mass is 10.1. The predicted molar refractivity (Wildman–Crippen MR) is 130 cm³/mol. The average molecular weight is 532 g/mol. The number of aromatic nitrogens is 2. The van der Waals surface area contributed by atoms with Gasteiger partial charge in [0.2, 0.25) is 5.82 Å². The third-order valence-electron chi connectivity index (χ3n) is 5.12. The lowest BCUT2D eigenvalue weighted by Gasteiger charge is -2.20. The number of amides is 2. The van der Waals surface area contributed by atoms with Crippen LogP contribution in [0.15, 0.2) is 60.7 Å². The zero-order valence-electron chi connectivity index (χ0n) is 20.3. The molecule has 0 spiro atoms. The molecule has 4 rings (SSSR count). The Morgan fingerprint density at radius 1 is 0.921 bits per heavy atom. The van der Waals surface area contributed by atoms with Crippen molar-refractivity contribution in [3.63, 3.8) is 0 Å². The number of carbonyl (C=O) groups is 2. The number of nitrogens with zero attached hydrogens (tertiary/aromatic N) is 2. The zero-order chi connectivity index (χ0) is 27.8. The van der Waals surface area contributed by atoms with Crippen LogP contribution in [-0.4, -0.2) is 27.2 Å². The Hall–Kier alpha value is -4.48. The maximum absolute atomic E-state index is 14.2. The highest BCUT2D eigenvalue weighted by Gasteiger charge is 2.38. The van der Waals surface area contributed by atoms with Crippen LogP contribution in [-0.2, 0) is 10.9 Å². The van der Waals surface area contributed by atoms with E-state index in [0.717, 1.165) is 10.6 Å². The lowest BCUT2D eigenvalue weighted by Crippen LogP contribution is -2.27. The summed E-state index contributed by atoms with van der Waals surface area (Å²) in [6.07, 6.45) is -5.77.